The number of hydrogen-bond donors (Lipinski definition) is 0. The summed E-state index contributed by atoms with van der Waals surface area (Å²) in [6, 6.07) is 14.2. The van der Waals surface area contributed by atoms with Crippen LogP contribution in [0.15, 0.2) is 48.5 Å². The van der Waals surface area contributed by atoms with Crippen LogP contribution in [0.2, 0.25) is 0 Å². The standard InChI is InChI=1S/C18H20FIO2/c19-15-5-9-17(10-6-15)21-13-3-1-2-4-14-22-18-11-7-16(20)8-12-18/h5-12H,1-4,13-14H2. The Kier molecular flexibility index (Phi) is 7.49. The second-order valence-electron chi connectivity index (χ2n) is 5.02. The van der Waals surface area contributed by atoms with Crippen molar-refractivity contribution >= 4 is 22.6 Å². The van der Waals surface area contributed by atoms with E-state index in [9.17, 15) is 4.39 Å². The molecule has 0 radical (unpaired) electrons. The zero-order valence-corrected chi connectivity index (χ0v) is 14.6. The Labute approximate surface area is 144 Å². The van der Waals surface area contributed by atoms with Gasteiger partial charge in [-0.2, -0.15) is 0 Å². The molecule has 0 aliphatic heterocycles. The van der Waals surface area contributed by atoms with Crippen LogP contribution in [0, 0.1) is 9.39 Å². The van der Waals surface area contributed by atoms with Gasteiger partial charge in [-0.05, 0) is 96.8 Å². The van der Waals surface area contributed by atoms with Gasteiger partial charge in [0.2, 0.25) is 0 Å². The average molecular weight is 414 g/mol. The molecule has 118 valence electrons. The first kappa shape index (κ1) is 17.1. The molecule has 2 rings (SSSR count). The van der Waals surface area contributed by atoms with Crippen molar-refractivity contribution in [2.24, 2.45) is 0 Å². The summed E-state index contributed by atoms with van der Waals surface area (Å²) in [7, 11) is 0. The van der Waals surface area contributed by atoms with Gasteiger partial charge in [-0.1, -0.05) is 0 Å². The normalized spacial score (nSPS) is 10.5. The van der Waals surface area contributed by atoms with Crippen molar-refractivity contribution in [1.29, 1.82) is 0 Å². The lowest BCUT2D eigenvalue weighted by Gasteiger charge is -2.07. The summed E-state index contributed by atoms with van der Waals surface area (Å²) in [5, 5.41) is 0. The molecule has 2 aromatic rings. The van der Waals surface area contributed by atoms with E-state index in [1.165, 1.54) is 15.7 Å². The molecule has 0 unspecified atom stereocenters. The first-order chi connectivity index (χ1) is 10.7. The molecular weight excluding hydrogens is 394 g/mol. The maximum absolute atomic E-state index is 12.7. The Morgan fingerprint density at radius 3 is 1.64 bits per heavy atom. The third-order valence-electron chi connectivity index (χ3n) is 3.20. The summed E-state index contributed by atoms with van der Waals surface area (Å²) in [6.45, 7) is 1.42. The first-order valence-electron chi connectivity index (χ1n) is 7.51. The van der Waals surface area contributed by atoms with E-state index in [1.54, 1.807) is 12.1 Å². The van der Waals surface area contributed by atoms with Crippen molar-refractivity contribution < 1.29 is 13.9 Å². The SMILES string of the molecule is Fc1ccc(OCCCCCCOc2ccc(I)cc2)cc1. The van der Waals surface area contributed by atoms with Crippen LogP contribution in [0.3, 0.4) is 0 Å². The summed E-state index contributed by atoms with van der Waals surface area (Å²) in [6.07, 6.45) is 4.28. The summed E-state index contributed by atoms with van der Waals surface area (Å²) in [5.74, 6) is 1.42. The third-order valence-corrected chi connectivity index (χ3v) is 3.92. The van der Waals surface area contributed by atoms with E-state index in [-0.39, 0.29) is 5.82 Å². The van der Waals surface area contributed by atoms with E-state index >= 15 is 0 Å². The van der Waals surface area contributed by atoms with Gasteiger partial charge in [0.25, 0.3) is 0 Å². The number of rotatable bonds is 9. The minimum Gasteiger partial charge on any atom is -0.494 e. The number of ether oxygens (including phenoxy) is 2. The minimum atomic E-state index is -0.236. The van der Waals surface area contributed by atoms with Crippen molar-refractivity contribution in [3.05, 3.63) is 57.9 Å². The second-order valence-corrected chi connectivity index (χ2v) is 6.26. The van der Waals surface area contributed by atoms with Crippen LogP contribution >= 0.6 is 22.6 Å². The van der Waals surface area contributed by atoms with E-state index in [0.717, 1.165) is 43.8 Å². The highest BCUT2D eigenvalue weighted by molar-refractivity contribution is 14.1. The molecule has 22 heavy (non-hydrogen) atoms. The van der Waals surface area contributed by atoms with Gasteiger partial charge in [-0.25, -0.2) is 4.39 Å². The van der Waals surface area contributed by atoms with Gasteiger partial charge in [0, 0.05) is 3.57 Å². The quantitative estimate of drug-likeness (QED) is 0.402. The van der Waals surface area contributed by atoms with Gasteiger partial charge < -0.3 is 9.47 Å². The summed E-state index contributed by atoms with van der Waals surface area (Å²) in [5.41, 5.74) is 0. The second kappa shape index (κ2) is 9.66. The van der Waals surface area contributed by atoms with E-state index in [1.807, 2.05) is 24.3 Å². The molecule has 0 N–H and O–H groups in total. The van der Waals surface area contributed by atoms with Crippen LogP contribution in [0.4, 0.5) is 4.39 Å². The molecule has 0 atom stereocenters. The largest absolute Gasteiger partial charge is 0.494 e. The molecular formula is C18H20FIO2. The number of unbranched alkanes of at least 4 members (excludes halogenated alkanes) is 3. The van der Waals surface area contributed by atoms with Crippen molar-refractivity contribution in [3.63, 3.8) is 0 Å². The monoisotopic (exact) mass is 414 g/mol. The molecule has 2 nitrogen and oxygen atoms in total. The maximum atomic E-state index is 12.7. The van der Waals surface area contributed by atoms with Crippen molar-refractivity contribution in [2.45, 2.75) is 25.7 Å². The van der Waals surface area contributed by atoms with Crippen LogP contribution in [0.1, 0.15) is 25.7 Å². The lowest BCUT2D eigenvalue weighted by molar-refractivity contribution is 0.287. The number of hydrogen-bond acceptors (Lipinski definition) is 2. The molecule has 0 aliphatic rings. The molecule has 4 heteroatoms. The Morgan fingerprint density at radius 2 is 1.14 bits per heavy atom. The molecule has 0 aromatic heterocycles. The van der Waals surface area contributed by atoms with Crippen molar-refractivity contribution in [3.8, 4) is 11.5 Å². The lowest BCUT2D eigenvalue weighted by Crippen LogP contribution is -2.00. The summed E-state index contributed by atoms with van der Waals surface area (Å²) < 4.78 is 25.2. The number of halogens is 2. The van der Waals surface area contributed by atoms with E-state index in [2.05, 4.69) is 22.6 Å². The van der Waals surface area contributed by atoms with E-state index in [4.69, 9.17) is 9.47 Å². The van der Waals surface area contributed by atoms with Gasteiger partial charge in [0.05, 0.1) is 13.2 Å². The molecule has 0 fully saturated rings. The van der Waals surface area contributed by atoms with Gasteiger partial charge >= 0.3 is 0 Å². The molecule has 0 saturated carbocycles. The van der Waals surface area contributed by atoms with Gasteiger partial charge in [-0.15, -0.1) is 0 Å². The predicted octanol–water partition coefficient (Wildman–Crippen LogP) is 5.45. The maximum Gasteiger partial charge on any atom is 0.123 e. The van der Waals surface area contributed by atoms with Crippen LogP contribution in [0.25, 0.3) is 0 Å². The van der Waals surface area contributed by atoms with Gasteiger partial charge in [0.15, 0.2) is 0 Å². The van der Waals surface area contributed by atoms with Crippen molar-refractivity contribution in [1.82, 2.24) is 0 Å². The smallest absolute Gasteiger partial charge is 0.123 e. The zero-order valence-electron chi connectivity index (χ0n) is 12.4. The highest BCUT2D eigenvalue weighted by Gasteiger charge is 1.96. The summed E-state index contributed by atoms with van der Waals surface area (Å²) >= 11 is 2.28. The molecule has 0 spiro atoms. The first-order valence-corrected chi connectivity index (χ1v) is 8.59. The van der Waals surface area contributed by atoms with Crippen LogP contribution in [-0.4, -0.2) is 13.2 Å². The fraction of sp³-hybridized carbons (Fsp3) is 0.333. The van der Waals surface area contributed by atoms with E-state index in [0.29, 0.717) is 6.61 Å². The Balaban J connectivity index is 1.47. The molecule has 0 amide bonds. The third kappa shape index (κ3) is 6.64. The van der Waals surface area contributed by atoms with Crippen LogP contribution < -0.4 is 9.47 Å². The zero-order chi connectivity index (χ0) is 15.6. The summed E-state index contributed by atoms with van der Waals surface area (Å²) in [4.78, 5) is 0. The highest BCUT2D eigenvalue weighted by atomic mass is 127. The van der Waals surface area contributed by atoms with Crippen molar-refractivity contribution in [2.75, 3.05) is 13.2 Å². The highest BCUT2D eigenvalue weighted by Crippen LogP contribution is 2.14. The van der Waals surface area contributed by atoms with Gasteiger partial charge in [-0.3, -0.25) is 0 Å². The molecule has 0 heterocycles. The van der Waals surface area contributed by atoms with Crippen LogP contribution in [-0.2, 0) is 0 Å². The fourth-order valence-corrected chi connectivity index (χ4v) is 2.36. The molecule has 0 bridgehead atoms. The molecule has 2 aromatic carbocycles. The Morgan fingerprint density at radius 1 is 0.682 bits per heavy atom. The van der Waals surface area contributed by atoms with E-state index < -0.39 is 0 Å². The Hall–Kier alpha value is -1.30. The molecule has 0 aliphatic carbocycles. The van der Waals surface area contributed by atoms with Crippen LogP contribution in [0.5, 0.6) is 11.5 Å². The molecule has 0 saturated heterocycles. The average Bonchev–Trinajstić information content (AvgIpc) is 2.53. The predicted molar refractivity (Wildman–Crippen MR) is 95.0 cm³/mol. The minimum absolute atomic E-state index is 0.236. The lowest BCUT2D eigenvalue weighted by atomic mass is 10.2. The Bertz CT molecular complexity index is 489. The topological polar surface area (TPSA) is 18.5 Å². The number of benzene rings is 2. The van der Waals surface area contributed by atoms with Gasteiger partial charge in [0.1, 0.15) is 17.3 Å². The fourth-order valence-electron chi connectivity index (χ4n) is 2.00.